The molecule has 1 aromatic carbocycles. The maximum Gasteiger partial charge on any atom is 0.307 e. The monoisotopic (exact) mass is 230 g/mol. The molecule has 0 aromatic heterocycles. The molecule has 1 N–H and O–H groups in total. The van der Waals surface area contributed by atoms with Gasteiger partial charge in [-0.1, -0.05) is 36.8 Å². The van der Waals surface area contributed by atoms with E-state index in [9.17, 15) is 4.79 Å². The maximum absolute atomic E-state index is 10.9. The summed E-state index contributed by atoms with van der Waals surface area (Å²) >= 11 is 0. The molecule has 0 saturated carbocycles. The normalized spacial score (nSPS) is 11.7. The van der Waals surface area contributed by atoms with Gasteiger partial charge in [0.25, 0.3) is 0 Å². The first kappa shape index (κ1) is 13.3. The molecule has 0 bridgehead atoms. The van der Waals surface area contributed by atoms with E-state index < -0.39 is 5.97 Å². The van der Waals surface area contributed by atoms with Crippen molar-refractivity contribution in [2.24, 2.45) is 5.92 Å². The van der Waals surface area contributed by atoms with Gasteiger partial charge in [0.2, 0.25) is 0 Å². The third-order valence-corrected chi connectivity index (χ3v) is 2.82. The molecule has 0 radical (unpaired) electrons. The summed E-state index contributed by atoms with van der Waals surface area (Å²) in [5.74, 6) is 1.27. The van der Waals surface area contributed by atoms with Crippen LogP contribution < -0.4 is 0 Å². The van der Waals surface area contributed by atoms with Gasteiger partial charge in [-0.25, -0.2) is 0 Å². The van der Waals surface area contributed by atoms with Crippen LogP contribution in [0.2, 0.25) is 0 Å². The predicted molar refractivity (Wildman–Crippen MR) is 68.6 cm³/mol. The second kappa shape index (κ2) is 7.51. The molecular weight excluding hydrogens is 212 g/mol. The highest BCUT2D eigenvalue weighted by Gasteiger charge is 2.15. The largest absolute Gasteiger partial charge is 0.481 e. The van der Waals surface area contributed by atoms with Crippen molar-refractivity contribution < 1.29 is 9.90 Å². The van der Waals surface area contributed by atoms with E-state index >= 15 is 0 Å². The van der Waals surface area contributed by atoms with Crippen molar-refractivity contribution in [3.05, 3.63) is 35.9 Å². The van der Waals surface area contributed by atoms with E-state index in [-0.39, 0.29) is 5.92 Å². The summed E-state index contributed by atoms with van der Waals surface area (Å²) in [5, 5.41) is 8.93. The summed E-state index contributed by atoms with van der Waals surface area (Å²) in [6.45, 7) is 0. The average molecular weight is 230 g/mol. The highest BCUT2D eigenvalue weighted by atomic mass is 16.4. The number of rotatable bonds is 7. The Morgan fingerprint density at radius 2 is 2.00 bits per heavy atom. The zero-order valence-electron chi connectivity index (χ0n) is 9.93. The van der Waals surface area contributed by atoms with Gasteiger partial charge in [0.05, 0.1) is 5.92 Å². The average Bonchev–Trinajstić information content (AvgIpc) is 2.34. The van der Waals surface area contributed by atoms with E-state index in [4.69, 9.17) is 11.5 Å². The number of unbranched alkanes of at least 4 members (excludes halogenated alkanes) is 1. The second-order valence-corrected chi connectivity index (χ2v) is 4.17. The lowest BCUT2D eigenvalue weighted by atomic mass is 9.97. The first-order valence-electron chi connectivity index (χ1n) is 5.94. The van der Waals surface area contributed by atoms with E-state index in [2.05, 4.69) is 18.1 Å². The molecule has 0 aliphatic carbocycles. The fourth-order valence-electron chi connectivity index (χ4n) is 1.82. The van der Waals surface area contributed by atoms with E-state index in [0.29, 0.717) is 12.8 Å². The van der Waals surface area contributed by atoms with Crippen LogP contribution in [0.4, 0.5) is 0 Å². The zero-order valence-corrected chi connectivity index (χ0v) is 9.93. The molecule has 0 aliphatic rings. The first-order chi connectivity index (χ1) is 8.24. The van der Waals surface area contributed by atoms with Gasteiger partial charge in [-0.2, -0.15) is 0 Å². The van der Waals surface area contributed by atoms with Crippen molar-refractivity contribution in [3.8, 4) is 12.3 Å². The van der Waals surface area contributed by atoms with Crippen LogP contribution in [-0.2, 0) is 11.2 Å². The number of terminal acetylenes is 1. The van der Waals surface area contributed by atoms with Crippen molar-refractivity contribution in [1.29, 1.82) is 0 Å². The Morgan fingerprint density at radius 1 is 1.29 bits per heavy atom. The van der Waals surface area contributed by atoms with Crippen LogP contribution in [0, 0.1) is 18.3 Å². The smallest absolute Gasteiger partial charge is 0.307 e. The number of hydrogen-bond acceptors (Lipinski definition) is 1. The van der Waals surface area contributed by atoms with Crippen LogP contribution in [0.15, 0.2) is 30.3 Å². The maximum atomic E-state index is 10.9. The van der Waals surface area contributed by atoms with Crippen LogP contribution in [0.1, 0.15) is 31.2 Å². The minimum Gasteiger partial charge on any atom is -0.481 e. The first-order valence-corrected chi connectivity index (χ1v) is 5.94. The Kier molecular flexibility index (Phi) is 5.88. The third kappa shape index (κ3) is 5.21. The lowest BCUT2D eigenvalue weighted by Crippen LogP contribution is -2.12. The molecule has 0 spiro atoms. The number of carboxylic acids is 1. The Labute approximate surface area is 103 Å². The number of aliphatic carboxylic acids is 1. The quantitative estimate of drug-likeness (QED) is 0.577. The minimum absolute atomic E-state index is 0.334. The lowest BCUT2D eigenvalue weighted by Gasteiger charge is -2.08. The van der Waals surface area contributed by atoms with Crippen LogP contribution in [0.5, 0.6) is 0 Å². The van der Waals surface area contributed by atoms with Gasteiger partial charge in [0.15, 0.2) is 0 Å². The summed E-state index contributed by atoms with van der Waals surface area (Å²) in [6, 6.07) is 10.2. The summed E-state index contributed by atoms with van der Waals surface area (Å²) in [6.07, 6.45) is 9.08. The van der Waals surface area contributed by atoms with E-state index in [1.807, 2.05) is 18.2 Å². The highest BCUT2D eigenvalue weighted by Crippen LogP contribution is 2.14. The highest BCUT2D eigenvalue weighted by molar-refractivity contribution is 5.70. The van der Waals surface area contributed by atoms with Crippen molar-refractivity contribution in [2.75, 3.05) is 0 Å². The summed E-state index contributed by atoms with van der Waals surface area (Å²) in [4.78, 5) is 10.9. The second-order valence-electron chi connectivity index (χ2n) is 4.17. The summed E-state index contributed by atoms with van der Waals surface area (Å²) in [7, 11) is 0. The standard InChI is InChI=1S/C15H18O2/c1-2-8-14(15(16)17)12-7-6-11-13-9-4-3-5-10-13/h1,3-5,9-10,14H,6-8,11-12H2,(H,16,17)/t14-/m1/s1. The molecule has 2 heteroatoms. The van der Waals surface area contributed by atoms with Crippen LogP contribution >= 0.6 is 0 Å². The molecule has 0 fully saturated rings. The molecule has 1 atom stereocenters. The van der Waals surface area contributed by atoms with Gasteiger partial charge in [0.1, 0.15) is 0 Å². The van der Waals surface area contributed by atoms with E-state index in [1.54, 1.807) is 0 Å². The Morgan fingerprint density at radius 3 is 2.59 bits per heavy atom. The van der Waals surface area contributed by atoms with Gasteiger partial charge in [0, 0.05) is 6.42 Å². The molecule has 2 nitrogen and oxygen atoms in total. The van der Waals surface area contributed by atoms with Gasteiger partial charge in [-0.05, 0) is 24.8 Å². The zero-order chi connectivity index (χ0) is 12.5. The van der Waals surface area contributed by atoms with Crippen LogP contribution in [-0.4, -0.2) is 11.1 Å². The number of aryl methyl sites for hydroxylation is 1. The molecule has 0 amide bonds. The van der Waals surface area contributed by atoms with Gasteiger partial charge < -0.3 is 5.11 Å². The van der Waals surface area contributed by atoms with Gasteiger partial charge in [-0.3, -0.25) is 4.79 Å². The molecule has 0 aliphatic heterocycles. The molecule has 1 aromatic rings. The number of benzene rings is 1. The third-order valence-electron chi connectivity index (χ3n) is 2.82. The van der Waals surface area contributed by atoms with E-state index in [1.165, 1.54) is 5.56 Å². The predicted octanol–water partition coefficient (Wildman–Crippen LogP) is 3.12. The van der Waals surface area contributed by atoms with Gasteiger partial charge >= 0.3 is 5.97 Å². The minimum atomic E-state index is -0.775. The van der Waals surface area contributed by atoms with Crippen molar-refractivity contribution in [1.82, 2.24) is 0 Å². The fourth-order valence-corrected chi connectivity index (χ4v) is 1.82. The number of carboxylic acid groups (broad SMARTS) is 1. The molecule has 0 heterocycles. The van der Waals surface area contributed by atoms with Crippen LogP contribution in [0.25, 0.3) is 0 Å². The Balaban J connectivity index is 2.23. The molecular formula is C15H18O2. The fraction of sp³-hybridized carbons (Fsp3) is 0.400. The lowest BCUT2D eigenvalue weighted by molar-refractivity contribution is -0.141. The Hall–Kier alpha value is -1.75. The summed E-state index contributed by atoms with van der Waals surface area (Å²) < 4.78 is 0. The topological polar surface area (TPSA) is 37.3 Å². The van der Waals surface area contributed by atoms with E-state index in [0.717, 1.165) is 19.3 Å². The molecule has 90 valence electrons. The van der Waals surface area contributed by atoms with Crippen molar-refractivity contribution in [2.45, 2.75) is 32.1 Å². The van der Waals surface area contributed by atoms with Crippen molar-refractivity contribution in [3.63, 3.8) is 0 Å². The SMILES string of the molecule is C#CC[C@H](CCCCc1ccccc1)C(=O)O. The summed E-state index contributed by atoms with van der Waals surface area (Å²) in [5.41, 5.74) is 1.30. The van der Waals surface area contributed by atoms with Crippen LogP contribution in [0.3, 0.4) is 0 Å². The van der Waals surface area contributed by atoms with Crippen molar-refractivity contribution >= 4 is 5.97 Å². The number of hydrogen-bond donors (Lipinski definition) is 1. The van der Waals surface area contributed by atoms with Gasteiger partial charge in [-0.15, -0.1) is 12.3 Å². The molecule has 17 heavy (non-hydrogen) atoms. The Bertz CT molecular complexity index is 376. The number of carbonyl (C=O) groups is 1. The molecule has 0 unspecified atom stereocenters. The molecule has 1 rings (SSSR count). The molecule has 0 saturated heterocycles.